The van der Waals surface area contributed by atoms with Crippen LogP contribution in [-0.4, -0.2) is 11.0 Å². The molecular weight excluding hydrogens is 280 g/mol. The summed E-state index contributed by atoms with van der Waals surface area (Å²) in [6.07, 6.45) is 1.14. The van der Waals surface area contributed by atoms with Crippen molar-refractivity contribution >= 4 is 11.3 Å². The van der Waals surface area contributed by atoms with Crippen molar-refractivity contribution in [2.45, 2.75) is 53.3 Å². The Hall–Kier alpha value is -1.39. The van der Waals surface area contributed by atoms with Crippen LogP contribution in [0.5, 0.6) is 5.75 Å². The van der Waals surface area contributed by atoms with Crippen molar-refractivity contribution in [2.24, 2.45) is 0 Å². The van der Waals surface area contributed by atoms with E-state index < -0.39 is 0 Å². The number of hydrogen-bond acceptors (Lipinski definition) is 4. The van der Waals surface area contributed by atoms with E-state index in [1.165, 1.54) is 4.88 Å². The van der Waals surface area contributed by atoms with Crippen molar-refractivity contribution in [3.8, 4) is 5.75 Å². The van der Waals surface area contributed by atoms with Crippen molar-refractivity contribution in [2.75, 3.05) is 0 Å². The van der Waals surface area contributed by atoms with Crippen molar-refractivity contribution in [1.29, 1.82) is 0 Å². The number of thiazole rings is 1. The Kier molecular flexibility index (Phi) is 5.76. The molecular formula is C17H24N2OS. The van der Waals surface area contributed by atoms with E-state index >= 15 is 0 Å². The lowest BCUT2D eigenvalue weighted by Gasteiger charge is -2.09. The molecule has 2 aromatic rings. The molecule has 0 aliphatic rings. The molecule has 4 heteroatoms. The topological polar surface area (TPSA) is 34.1 Å². The lowest BCUT2D eigenvalue weighted by atomic mass is 10.2. The molecule has 21 heavy (non-hydrogen) atoms. The van der Waals surface area contributed by atoms with Crippen molar-refractivity contribution in [3.05, 3.63) is 45.4 Å². The van der Waals surface area contributed by atoms with Gasteiger partial charge in [0.1, 0.15) is 17.4 Å². The molecule has 114 valence electrons. The van der Waals surface area contributed by atoms with E-state index in [2.05, 4.69) is 44.1 Å². The normalized spacial score (nSPS) is 12.4. The second-order valence-electron chi connectivity index (χ2n) is 5.36. The second kappa shape index (κ2) is 7.57. The Morgan fingerprint density at radius 2 is 2.05 bits per heavy atom. The van der Waals surface area contributed by atoms with Crippen LogP contribution >= 0.6 is 11.3 Å². The van der Waals surface area contributed by atoms with E-state index in [1.807, 2.05) is 18.2 Å². The zero-order chi connectivity index (χ0) is 15.2. The van der Waals surface area contributed by atoms with E-state index in [9.17, 15) is 0 Å². The number of aromatic nitrogens is 1. The molecule has 1 N–H and O–H groups in total. The summed E-state index contributed by atoms with van der Waals surface area (Å²) >= 11 is 1.74. The van der Waals surface area contributed by atoms with Gasteiger partial charge in [0, 0.05) is 17.5 Å². The number of aryl methyl sites for hydroxylation is 2. The fourth-order valence-electron chi connectivity index (χ4n) is 1.98. The Morgan fingerprint density at radius 1 is 1.29 bits per heavy atom. The molecule has 1 heterocycles. The van der Waals surface area contributed by atoms with E-state index in [4.69, 9.17) is 4.74 Å². The maximum atomic E-state index is 5.87. The minimum Gasteiger partial charge on any atom is -0.486 e. The van der Waals surface area contributed by atoms with Gasteiger partial charge in [0.25, 0.3) is 0 Å². The zero-order valence-corrected chi connectivity index (χ0v) is 14.1. The summed E-state index contributed by atoms with van der Waals surface area (Å²) in [4.78, 5) is 5.92. The van der Waals surface area contributed by atoms with Gasteiger partial charge in [0.15, 0.2) is 0 Å². The van der Waals surface area contributed by atoms with Gasteiger partial charge in [-0.3, -0.25) is 0 Å². The first-order chi connectivity index (χ1) is 10.1. The Balaban J connectivity index is 1.94. The minimum atomic E-state index is 0.540. The molecule has 0 aliphatic heterocycles. The summed E-state index contributed by atoms with van der Waals surface area (Å²) in [6.45, 7) is 9.96. The van der Waals surface area contributed by atoms with Gasteiger partial charge in [-0.25, -0.2) is 4.98 Å². The average molecular weight is 304 g/mol. The largest absolute Gasteiger partial charge is 0.486 e. The number of benzene rings is 1. The van der Waals surface area contributed by atoms with Gasteiger partial charge in [-0.15, -0.1) is 11.3 Å². The molecule has 0 amide bonds. The number of nitrogens with zero attached hydrogens (tertiary/aromatic N) is 1. The molecule has 0 bridgehead atoms. The smallest absolute Gasteiger partial charge is 0.140 e. The quantitative estimate of drug-likeness (QED) is 0.831. The number of nitrogens with one attached hydrogen (secondary N) is 1. The zero-order valence-electron chi connectivity index (χ0n) is 13.3. The second-order valence-corrected chi connectivity index (χ2v) is 6.53. The summed E-state index contributed by atoms with van der Waals surface area (Å²) in [5.74, 6) is 0.935. The maximum absolute atomic E-state index is 5.87. The predicted molar refractivity (Wildman–Crippen MR) is 89.0 cm³/mol. The molecule has 0 radical (unpaired) electrons. The summed E-state index contributed by atoms with van der Waals surface area (Å²) < 4.78 is 5.87. The van der Waals surface area contributed by atoms with Crippen LogP contribution in [0.1, 0.15) is 41.4 Å². The number of para-hydroxylation sites is 1. The molecule has 3 nitrogen and oxygen atoms in total. The van der Waals surface area contributed by atoms with Gasteiger partial charge in [-0.1, -0.05) is 25.1 Å². The standard InChI is InChI=1S/C17H24N2OS/c1-5-13(3)18-10-16-14(4)19-17(21-16)11-20-15-9-7-6-8-12(15)2/h6-9,13,18H,5,10-11H2,1-4H3. The lowest BCUT2D eigenvalue weighted by Crippen LogP contribution is -2.24. The minimum absolute atomic E-state index is 0.540. The monoisotopic (exact) mass is 304 g/mol. The van der Waals surface area contributed by atoms with Crippen LogP contribution in [0, 0.1) is 13.8 Å². The van der Waals surface area contributed by atoms with Crippen LogP contribution in [-0.2, 0) is 13.2 Å². The van der Waals surface area contributed by atoms with E-state index in [0.717, 1.165) is 35.0 Å². The average Bonchev–Trinajstić information content (AvgIpc) is 2.84. The Bertz CT molecular complexity index is 580. The highest BCUT2D eigenvalue weighted by Crippen LogP contribution is 2.22. The van der Waals surface area contributed by atoms with Gasteiger partial charge < -0.3 is 10.1 Å². The van der Waals surface area contributed by atoms with Crippen LogP contribution in [0.3, 0.4) is 0 Å². The van der Waals surface area contributed by atoms with Gasteiger partial charge in [-0.2, -0.15) is 0 Å². The Morgan fingerprint density at radius 3 is 2.76 bits per heavy atom. The van der Waals surface area contributed by atoms with Crippen molar-refractivity contribution < 1.29 is 4.74 Å². The van der Waals surface area contributed by atoms with Crippen LogP contribution < -0.4 is 10.1 Å². The van der Waals surface area contributed by atoms with E-state index in [1.54, 1.807) is 11.3 Å². The van der Waals surface area contributed by atoms with E-state index in [0.29, 0.717) is 12.6 Å². The van der Waals surface area contributed by atoms with Crippen LogP contribution in [0.4, 0.5) is 0 Å². The molecule has 0 fully saturated rings. The summed E-state index contributed by atoms with van der Waals surface area (Å²) in [7, 11) is 0. The number of hydrogen-bond donors (Lipinski definition) is 1. The van der Waals surface area contributed by atoms with E-state index in [-0.39, 0.29) is 0 Å². The predicted octanol–water partition coefficient (Wildman–Crippen LogP) is 4.23. The highest BCUT2D eigenvalue weighted by molar-refractivity contribution is 7.11. The third kappa shape index (κ3) is 4.55. The third-order valence-electron chi connectivity index (χ3n) is 3.61. The summed E-state index contributed by atoms with van der Waals surface area (Å²) in [5.41, 5.74) is 2.27. The molecule has 2 rings (SSSR count). The first-order valence-corrected chi connectivity index (χ1v) is 8.28. The summed E-state index contributed by atoms with van der Waals surface area (Å²) in [5, 5.41) is 4.55. The van der Waals surface area contributed by atoms with Crippen LogP contribution in [0.25, 0.3) is 0 Å². The number of rotatable bonds is 7. The first-order valence-electron chi connectivity index (χ1n) is 7.47. The highest BCUT2D eigenvalue weighted by atomic mass is 32.1. The van der Waals surface area contributed by atoms with Gasteiger partial charge >= 0.3 is 0 Å². The highest BCUT2D eigenvalue weighted by Gasteiger charge is 2.09. The van der Waals surface area contributed by atoms with Crippen LogP contribution in [0.15, 0.2) is 24.3 Å². The third-order valence-corrected chi connectivity index (χ3v) is 4.74. The summed E-state index contributed by atoms with van der Waals surface area (Å²) in [6, 6.07) is 8.62. The van der Waals surface area contributed by atoms with Gasteiger partial charge in [-0.05, 0) is 38.8 Å². The lowest BCUT2D eigenvalue weighted by molar-refractivity contribution is 0.303. The molecule has 1 unspecified atom stereocenters. The van der Waals surface area contributed by atoms with Crippen molar-refractivity contribution in [1.82, 2.24) is 10.3 Å². The molecule has 0 saturated carbocycles. The molecule has 0 aliphatic carbocycles. The molecule has 1 atom stereocenters. The van der Waals surface area contributed by atoms with Crippen LogP contribution in [0.2, 0.25) is 0 Å². The molecule has 1 aromatic heterocycles. The fourth-order valence-corrected chi connectivity index (χ4v) is 2.92. The SMILES string of the molecule is CCC(C)NCc1sc(COc2ccccc2C)nc1C. The molecule has 0 saturated heterocycles. The molecule has 1 aromatic carbocycles. The first kappa shape index (κ1) is 16.0. The Labute approximate surface area is 131 Å². The van der Waals surface area contributed by atoms with Gasteiger partial charge in [0.05, 0.1) is 5.69 Å². The van der Waals surface area contributed by atoms with Gasteiger partial charge in [0.2, 0.25) is 0 Å². The number of ether oxygens (including phenoxy) is 1. The van der Waals surface area contributed by atoms with Crippen molar-refractivity contribution in [3.63, 3.8) is 0 Å². The maximum Gasteiger partial charge on any atom is 0.140 e. The molecule has 0 spiro atoms. The fraction of sp³-hybridized carbons (Fsp3) is 0.471.